The summed E-state index contributed by atoms with van der Waals surface area (Å²) in [7, 11) is -3.55. The minimum atomic E-state index is -3.55. The van der Waals surface area contributed by atoms with E-state index in [0.29, 0.717) is 11.3 Å². The zero-order valence-electron chi connectivity index (χ0n) is 16.7. The Morgan fingerprint density at radius 3 is 2.40 bits per heavy atom. The van der Waals surface area contributed by atoms with Gasteiger partial charge in [-0.05, 0) is 36.6 Å². The van der Waals surface area contributed by atoms with Crippen molar-refractivity contribution < 1.29 is 12.8 Å². The molecule has 2 heterocycles. The molecule has 3 rings (SSSR count). The van der Waals surface area contributed by atoms with Gasteiger partial charge in [0.15, 0.2) is 14.9 Å². The molecule has 7 nitrogen and oxygen atoms in total. The second kappa shape index (κ2) is 8.49. The Kier molecular flexibility index (Phi) is 6.35. The van der Waals surface area contributed by atoms with Crippen LogP contribution in [0.1, 0.15) is 48.6 Å². The molecule has 1 unspecified atom stereocenters. The topological polar surface area (TPSA) is 101 Å². The summed E-state index contributed by atoms with van der Waals surface area (Å²) in [5.74, 6) is 0.0251. The molecule has 0 radical (unpaired) electrons. The number of aromatic amines is 1. The van der Waals surface area contributed by atoms with E-state index in [9.17, 15) is 12.8 Å². The molecule has 0 fully saturated rings. The van der Waals surface area contributed by atoms with Crippen LogP contribution in [0.2, 0.25) is 10.2 Å². The van der Waals surface area contributed by atoms with Gasteiger partial charge >= 0.3 is 0 Å². The summed E-state index contributed by atoms with van der Waals surface area (Å²) in [4.78, 5) is 15.9. The predicted octanol–water partition coefficient (Wildman–Crippen LogP) is 4.68. The van der Waals surface area contributed by atoms with Gasteiger partial charge in [-0.1, -0.05) is 43.1 Å². The monoisotopic (exact) mass is 471 g/mol. The average Bonchev–Trinajstić information content (AvgIpc) is 3.03. The molecular weight excluding hydrogens is 452 g/mol. The van der Waals surface area contributed by atoms with E-state index in [2.05, 4.69) is 25.3 Å². The van der Waals surface area contributed by atoms with Crippen molar-refractivity contribution in [2.45, 2.75) is 37.8 Å². The van der Waals surface area contributed by atoms with E-state index in [1.807, 2.05) is 13.8 Å². The maximum Gasteiger partial charge on any atom is 0.225 e. The Bertz CT molecular complexity index is 1200. The van der Waals surface area contributed by atoms with Crippen molar-refractivity contribution in [3.63, 3.8) is 0 Å². The molecule has 0 aliphatic heterocycles. The fourth-order valence-electron chi connectivity index (χ4n) is 2.89. The van der Waals surface area contributed by atoms with E-state index in [1.54, 1.807) is 13.0 Å². The fraction of sp³-hybridized carbons (Fsp3) is 0.316. The lowest BCUT2D eigenvalue weighted by Crippen LogP contribution is -2.17. The summed E-state index contributed by atoms with van der Waals surface area (Å²) in [6, 6.07) is 5.10. The van der Waals surface area contributed by atoms with Crippen LogP contribution in [-0.4, -0.2) is 34.6 Å². The summed E-state index contributed by atoms with van der Waals surface area (Å²) in [5, 5.41) is 3.20. The van der Waals surface area contributed by atoms with Gasteiger partial charge in [0, 0.05) is 6.26 Å². The fourth-order valence-corrected chi connectivity index (χ4v) is 4.14. The van der Waals surface area contributed by atoms with Gasteiger partial charge in [0.2, 0.25) is 5.95 Å². The highest BCUT2D eigenvalue weighted by molar-refractivity contribution is 7.90. The van der Waals surface area contributed by atoms with E-state index in [-0.39, 0.29) is 32.9 Å². The summed E-state index contributed by atoms with van der Waals surface area (Å²) < 4.78 is 37.8. The van der Waals surface area contributed by atoms with Crippen molar-refractivity contribution in [1.82, 2.24) is 19.9 Å². The van der Waals surface area contributed by atoms with Crippen LogP contribution in [0.3, 0.4) is 0 Å². The van der Waals surface area contributed by atoms with Gasteiger partial charge < -0.3 is 10.3 Å². The van der Waals surface area contributed by atoms with Crippen LogP contribution in [0.25, 0.3) is 0 Å². The molecule has 1 atom stereocenters. The van der Waals surface area contributed by atoms with Crippen LogP contribution in [0.15, 0.2) is 29.3 Å². The first kappa shape index (κ1) is 22.5. The molecule has 2 aromatic heterocycles. The normalized spacial score (nSPS) is 12.9. The number of halogens is 3. The quantitative estimate of drug-likeness (QED) is 0.506. The van der Waals surface area contributed by atoms with E-state index in [4.69, 9.17) is 23.2 Å². The molecule has 0 saturated carbocycles. The highest BCUT2D eigenvalue weighted by Gasteiger charge is 2.25. The molecule has 0 bridgehead atoms. The van der Waals surface area contributed by atoms with Gasteiger partial charge in [-0.2, -0.15) is 0 Å². The molecule has 2 N–H and O–H groups in total. The van der Waals surface area contributed by atoms with Crippen molar-refractivity contribution in [2.24, 2.45) is 0 Å². The maximum absolute atomic E-state index is 13.7. The van der Waals surface area contributed by atoms with Gasteiger partial charge in [-0.3, -0.25) is 0 Å². The summed E-state index contributed by atoms with van der Waals surface area (Å²) in [5.41, 5.74) is 1.63. The zero-order chi connectivity index (χ0) is 22.2. The van der Waals surface area contributed by atoms with Crippen LogP contribution in [0.4, 0.5) is 10.3 Å². The average molecular weight is 472 g/mol. The molecule has 0 aliphatic rings. The van der Waals surface area contributed by atoms with Crippen molar-refractivity contribution in [2.75, 3.05) is 11.6 Å². The number of benzene rings is 1. The molecule has 0 aliphatic carbocycles. The second-order valence-electron chi connectivity index (χ2n) is 7.17. The maximum atomic E-state index is 13.7. The number of anilines is 1. The van der Waals surface area contributed by atoms with Crippen LogP contribution >= 0.6 is 23.2 Å². The number of sulfone groups is 1. The highest BCUT2D eigenvalue weighted by Crippen LogP contribution is 2.29. The van der Waals surface area contributed by atoms with Gasteiger partial charge in [0.25, 0.3) is 0 Å². The third kappa shape index (κ3) is 4.91. The summed E-state index contributed by atoms with van der Waals surface area (Å²) in [6.07, 6.45) is 1.08. The Balaban J connectivity index is 2.13. The second-order valence-corrected chi connectivity index (χ2v) is 9.89. The number of aromatic nitrogens is 4. The van der Waals surface area contributed by atoms with Crippen molar-refractivity contribution in [3.8, 4) is 0 Å². The number of nitrogens with zero attached hydrogens (tertiary/aromatic N) is 3. The third-order valence-corrected chi connectivity index (χ3v) is 5.92. The van der Waals surface area contributed by atoms with E-state index >= 15 is 0 Å². The van der Waals surface area contributed by atoms with E-state index < -0.39 is 21.7 Å². The third-order valence-electron chi connectivity index (χ3n) is 4.34. The molecule has 1 aromatic carbocycles. The van der Waals surface area contributed by atoms with Gasteiger partial charge in [-0.25, -0.2) is 27.8 Å². The first-order valence-corrected chi connectivity index (χ1v) is 11.6. The molecule has 0 saturated heterocycles. The van der Waals surface area contributed by atoms with Crippen molar-refractivity contribution in [3.05, 3.63) is 63.0 Å². The molecule has 160 valence electrons. The Hall–Kier alpha value is -2.23. The lowest BCUT2D eigenvalue weighted by molar-refractivity contribution is 0.597. The SMILES string of the molecule is Cc1[nH]c(C(Nc2nc(Cl)cc(C(C)C)n2)c2ccc(F)c(Cl)c2)nc1S(C)(=O)=O. The van der Waals surface area contributed by atoms with Gasteiger partial charge in [0.1, 0.15) is 22.8 Å². The Labute approximate surface area is 184 Å². The van der Waals surface area contributed by atoms with Gasteiger partial charge in [0.05, 0.1) is 16.4 Å². The summed E-state index contributed by atoms with van der Waals surface area (Å²) >= 11 is 12.1. The predicted molar refractivity (Wildman–Crippen MR) is 114 cm³/mol. The first-order valence-electron chi connectivity index (χ1n) is 8.98. The lowest BCUT2D eigenvalue weighted by atomic mass is 10.1. The van der Waals surface area contributed by atoms with Crippen LogP contribution in [0.5, 0.6) is 0 Å². The number of nitrogens with one attached hydrogen (secondary N) is 2. The molecule has 30 heavy (non-hydrogen) atoms. The number of hydrogen-bond donors (Lipinski definition) is 2. The first-order chi connectivity index (χ1) is 14.0. The van der Waals surface area contributed by atoms with Gasteiger partial charge in [-0.15, -0.1) is 0 Å². The highest BCUT2D eigenvalue weighted by atomic mass is 35.5. The van der Waals surface area contributed by atoms with Crippen molar-refractivity contribution in [1.29, 1.82) is 0 Å². The standard InChI is InChI=1S/C19H20Cl2FN5O2S/c1-9(2)14-8-15(21)25-19(24-14)26-16(11-5-6-13(22)12(20)7-11)17-23-10(3)18(27-17)30(4,28)29/h5-9,16H,1-4H3,(H,23,27)(H,24,25,26). The van der Waals surface area contributed by atoms with Crippen LogP contribution < -0.4 is 5.32 Å². The summed E-state index contributed by atoms with van der Waals surface area (Å²) in [6.45, 7) is 5.54. The van der Waals surface area contributed by atoms with Crippen LogP contribution in [0, 0.1) is 12.7 Å². The van der Waals surface area contributed by atoms with E-state index in [1.165, 1.54) is 18.2 Å². The molecule has 0 spiro atoms. The van der Waals surface area contributed by atoms with Crippen molar-refractivity contribution >= 4 is 39.0 Å². The largest absolute Gasteiger partial charge is 0.343 e. The minimum Gasteiger partial charge on any atom is -0.343 e. The Morgan fingerprint density at radius 2 is 1.83 bits per heavy atom. The molecule has 0 amide bonds. The number of hydrogen-bond acceptors (Lipinski definition) is 6. The molecular formula is C19H20Cl2FN5O2S. The zero-order valence-corrected chi connectivity index (χ0v) is 19.0. The van der Waals surface area contributed by atoms with E-state index in [0.717, 1.165) is 11.9 Å². The number of imidazole rings is 1. The molecule has 11 heteroatoms. The Morgan fingerprint density at radius 1 is 1.13 bits per heavy atom. The lowest BCUT2D eigenvalue weighted by Gasteiger charge is -2.19. The number of aryl methyl sites for hydroxylation is 1. The number of rotatable bonds is 6. The minimum absolute atomic E-state index is 0.0765. The van der Waals surface area contributed by atoms with Crippen LogP contribution in [-0.2, 0) is 9.84 Å². The smallest absolute Gasteiger partial charge is 0.225 e. The molecule has 3 aromatic rings. The number of H-pyrrole nitrogens is 1.